The molecule has 4 aliphatic heterocycles. The zero-order valence-corrected chi connectivity index (χ0v) is 52.8. The van der Waals surface area contributed by atoms with Crippen LogP contribution in [0, 0.1) is 0 Å². The van der Waals surface area contributed by atoms with Gasteiger partial charge in [-0.15, -0.1) is 0 Å². The van der Waals surface area contributed by atoms with E-state index in [1.807, 2.05) is 23.5 Å². The lowest BCUT2D eigenvalue weighted by Crippen LogP contribution is -2.51. The highest BCUT2D eigenvalue weighted by Gasteiger charge is 2.39. The molecule has 0 unspecified atom stereocenters. The van der Waals surface area contributed by atoms with Crippen molar-refractivity contribution in [3.05, 3.63) is 142 Å². The van der Waals surface area contributed by atoms with E-state index in [1.54, 1.807) is 0 Å². The Bertz CT molecular complexity index is 1860. The van der Waals surface area contributed by atoms with Crippen molar-refractivity contribution in [1.29, 1.82) is 0 Å². The summed E-state index contributed by atoms with van der Waals surface area (Å²) in [7, 11) is 0. The van der Waals surface area contributed by atoms with E-state index in [4.69, 9.17) is 0 Å². The highest BCUT2D eigenvalue weighted by Crippen LogP contribution is 2.42. The number of benzene rings is 4. The van der Waals surface area contributed by atoms with Crippen molar-refractivity contribution in [2.45, 2.75) is 139 Å². The molecule has 388 valence electrons. The fourth-order valence-corrected chi connectivity index (χ4v) is 12.8. The summed E-state index contributed by atoms with van der Waals surface area (Å²) in [5.74, 6) is 7.03. The Balaban J connectivity index is 0. The van der Waals surface area contributed by atoms with Crippen molar-refractivity contribution >= 4 is 155 Å². The predicted molar refractivity (Wildman–Crippen MR) is 353 cm³/mol. The van der Waals surface area contributed by atoms with Crippen LogP contribution in [-0.2, 0) is 25.7 Å². The van der Waals surface area contributed by atoms with Crippen molar-refractivity contribution in [1.82, 2.24) is 21.3 Å². The van der Waals surface area contributed by atoms with E-state index < -0.39 is 0 Å². The minimum Gasteiger partial charge on any atom is -0.304 e. The highest BCUT2D eigenvalue weighted by atomic mass is 32.2. The standard InChI is InChI=1S/C28H40N2S2.C24H32N2S2.8H2S/c1-27(2,3)31-17-21-15-19-11-7-9-13-23(19)25(29-21)26-24-14-10-8-12-20(24)16-22(30-26)18-32-28(4,5)6;1-3-27-15-19-13-17-9-5-7-11-21(17)23(25-19)24-22-12-8-6-10-18(22)14-20(26-24)16-28-4-2;;;;;;;;/h7-14,21-22,25-26,29-30H,15-18H2,1-6H3;5-12,19-20,23-26H,3-4,13-16H2,1-2H3;8*1H2/t21-,22-,25-,26-;19-,20-,23-,24-;;;;;;;;/m00......../s1. The lowest BCUT2D eigenvalue weighted by molar-refractivity contribution is 0.301. The second kappa shape index (κ2) is 33.8. The molecule has 8 atom stereocenters. The van der Waals surface area contributed by atoms with Crippen molar-refractivity contribution in [3.8, 4) is 0 Å². The monoisotopic (exact) mass is 1150 g/mol. The van der Waals surface area contributed by atoms with Gasteiger partial charge in [-0.2, -0.15) is 155 Å². The molecule has 4 N–H and O–H groups in total. The lowest BCUT2D eigenvalue weighted by atomic mass is 9.80. The first-order chi connectivity index (χ1) is 28.9. The van der Waals surface area contributed by atoms with Gasteiger partial charge in [0, 0.05) is 56.7 Å². The molecule has 0 saturated carbocycles. The molecule has 0 bridgehead atoms. The molecular formula is C52H88N4S12. The smallest absolute Gasteiger partial charge is 0.0523 e. The second-order valence-electron chi connectivity index (χ2n) is 19.1. The van der Waals surface area contributed by atoms with Gasteiger partial charge in [0.1, 0.15) is 0 Å². The summed E-state index contributed by atoms with van der Waals surface area (Å²) in [6.45, 7) is 18.4. The van der Waals surface area contributed by atoms with Crippen LogP contribution >= 0.6 is 155 Å². The van der Waals surface area contributed by atoms with Crippen molar-refractivity contribution in [2.75, 3.05) is 34.5 Å². The Kier molecular flexibility index (Phi) is 35.2. The number of hydrogen-bond acceptors (Lipinski definition) is 8. The maximum absolute atomic E-state index is 4.10. The first-order valence-corrected chi connectivity index (χ1v) is 27.0. The average Bonchev–Trinajstić information content (AvgIpc) is 3.24. The van der Waals surface area contributed by atoms with Gasteiger partial charge < -0.3 is 21.3 Å². The van der Waals surface area contributed by atoms with Crippen LogP contribution in [0.25, 0.3) is 0 Å². The van der Waals surface area contributed by atoms with Gasteiger partial charge in [0.05, 0.1) is 24.2 Å². The molecule has 4 heterocycles. The van der Waals surface area contributed by atoms with E-state index >= 15 is 0 Å². The highest BCUT2D eigenvalue weighted by molar-refractivity contribution is 8.01. The first-order valence-electron chi connectivity index (χ1n) is 22.7. The van der Waals surface area contributed by atoms with E-state index in [1.165, 1.54) is 67.5 Å². The largest absolute Gasteiger partial charge is 0.304 e. The van der Waals surface area contributed by atoms with Crippen LogP contribution in [0.2, 0.25) is 0 Å². The molecule has 8 rings (SSSR count). The van der Waals surface area contributed by atoms with Gasteiger partial charge in [-0.3, -0.25) is 0 Å². The molecule has 16 heteroatoms. The number of nitrogens with one attached hydrogen (secondary N) is 4. The summed E-state index contributed by atoms with van der Waals surface area (Å²) in [5, 5.41) is 16.3. The summed E-state index contributed by atoms with van der Waals surface area (Å²) in [6.07, 6.45) is 4.52. The third kappa shape index (κ3) is 19.9. The molecule has 0 aromatic heterocycles. The minimum atomic E-state index is 0. The summed E-state index contributed by atoms with van der Waals surface area (Å²) in [6, 6.07) is 39.7. The van der Waals surface area contributed by atoms with Gasteiger partial charge in [0.2, 0.25) is 0 Å². The molecule has 0 spiro atoms. The lowest BCUT2D eigenvalue weighted by Gasteiger charge is -2.43. The number of fused-ring (bicyclic) bond motifs is 4. The van der Waals surface area contributed by atoms with Crippen LogP contribution in [-0.4, -0.2) is 68.2 Å². The van der Waals surface area contributed by atoms with Crippen molar-refractivity contribution in [3.63, 3.8) is 0 Å². The molecule has 0 saturated heterocycles. The van der Waals surface area contributed by atoms with E-state index in [2.05, 4.69) is 197 Å². The minimum absolute atomic E-state index is 0. The molecular weight excluding hydrogens is 1070 g/mol. The maximum atomic E-state index is 4.10. The van der Waals surface area contributed by atoms with Gasteiger partial charge in [-0.05, 0) is 81.7 Å². The Morgan fingerprint density at radius 3 is 0.809 bits per heavy atom. The van der Waals surface area contributed by atoms with Crippen LogP contribution in [0.3, 0.4) is 0 Å². The maximum Gasteiger partial charge on any atom is 0.0523 e. The van der Waals surface area contributed by atoms with E-state index in [-0.39, 0.29) is 108 Å². The van der Waals surface area contributed by atoms with E-state index in [0.717, 1.165) is 37.2 Å². The Morgan fingerprint density at radius 2 is 0.588 bits per heavy atom. The van der Waals surface area contributed by atoms with Gasteiger partial charge >= 0.3 is 0 Å². The van der Waals surface area contributed by atoms with E-state index in [0.29, 0.717) is 57.8 Å². The number of thioether (sulfide) groups is 4. The summed E-state index contributed by atoms with van der Waals surface area (Å²) < 4.78 is 0.582. The summed E-state index contributed by atoms with van der Waals surface area (Å²) in [5.41, 5.74) is 12.0. The van der Waals surface area contributed by atoms with Crippen LogP contribution in [0.15, 0.2) is 97.1 Å². The molecule has 68 heavy (non-hydrogen) atoms. The van der Waals surface area contributed by atoms with E-state index in [9.17, 15) is 0 Å². The molecule has 4 aromatic rings. The quantitative estimate of drug-likeness (QED) is 0.112. The van der Waals surface area contributed by atoms with Gasteiger partial charge in [0.25, 0.3) is 0 Å². The van der Waals surface area contributed by atoms with Gasteiger partial charge in [-0.1, -0.05) is 152 Å². The van der Waals surface area contributed by atoms with Crippen LogP contribution in [0.1, 0.15) is 124 Å². The Labute approximate surface area is 486 Å². The van der Waals surface area contributed by atoms with Crippen LogP contribution in [0.5, 0.6) is 0 Å². The second-order valence-corrected chi connectivity index (χ2v) is 25.5. The summed E-state index contributed by atoms with van der Waals surface area (Å²) >= 11 is 8.25. The van der Waals surface area contributed by atoms with Crippen LogP contribution in [0.4, 0.5) is 0 Å². The molecule has 4 aromatic carbocycles. The normalized spacial score (nSPS) is 23.1. The molecule has 0 radical (unpaired) electrons. The third-order valence-electron chi connectivity index (χ3n) is 12.2. The Morgan fingerprint density at radius 1 is 0.368 bits per heavy atom. The Hall–Kier alpha value is 0.920. The molecule has 0 amide bonds. The fraction of sp³-hybridized carbons (Fsp3) is 0.538. The average molecular weight is 1150 g/mol. The number of rotatable bonds is 12. The molecule has 4 aliphatic rings. The molecule has 0 fully saturated rings. The van der Waals surface area contributed by atoms with Crippen LogP contribution < -0.4 is 21.3 Å². The molecule has 0 aliphatic carbocycles. The SMILES string of the molecule is CC(C)(C)SC[C@@H]1Cc2ccccc2[C@@H]([C@H]2N[C@H](CSC(C)(C)C)Cc3ccccc32)N1.CCSC[C@@H]1Cc2ccccc2[C@@H]([C@H]2N[C@H](CSCC)Cc3ccccc32)N1.S.S.S.S.S.S.S.S. The number of hydrogen-bond donors (Lipinski definition) is 4. The fourth-order valence-electron chi connectivity index (χ4n) is 9.52. The zero-order chi connectivity index (χ0) is 42.3. The summed E-state index contributed by atoms with van der Waals surface area (Å²) in [4.78, 5) is 0. The zero-order valence-electron chi connectivity index (χ0n) is 41.6. The topological polar surface area (TPSA) is 48.1 Å². The van der Waals surface area contributed by atoms with Crippen molar-refractivity contribution in [2.24, 2.45) is 0 Å². The third-order valence-corrected chi connectivity index (χ3v) is 17.2. The first kappa shape index (κ1) is 71.0. The van der Waals surface area contributed by atoms with Gasteiger partial charge in [0.15, 0.2) is 0 Å². The van der Waals surface area contributed by atoms with Crippen molar-refractivity contribution < 1.29 is 0 Å². The molecule has 4 nitrogen and oxygen atoms in total. The van der Waals surface area contributed by atoms with Gasteiger partial charge in [-0.25, -0.2) is 0 Å². The predicted octanol–water partition coefficient (Wildman–Crippen LogP) is 12.5.